The van der Waals surface area contributed by atoms with Gasteiger partial charge in [0.15, 0.2) is 0 Å². The van der Waals surface area contributed by atoms with E-state index in [1.165, 1.54) is 6.07 Å². The van der Waals surface area contributed by atoms with Gasteiger partial charge in [-0.25, -0.2) is 4.39 Å². The van der Waals surface area contributed by atoms with E-state index in [-0.39, 0.29) is 11.4 Å². The van der Waals surface area contributed by atoms with Gasteiger partial charge in [-0.15, -0.1) is 0 Å². The van der Waals surface area contributed by atoms with E-state index in [4.69, 9.17) is 5.73 Å². The van der Waals surface area contributed by atoms with E-state index in [2.05, 4.69) is 5.32 Å². The number of hydrogen-bond donors (Lipinski definition) is 2. The van der Waals surface area contributed by atoms with Crippen LogP contribution in [0.1, 0.15) is 25.0 Å². The summed E-state index contributed by atoms with van der Waals surface area (Å²) in [6.07, 6.45) is 0.900. The second kappa shape index (κ2) is 5.41. The zero-order valence-corrected chi connectivity index (χ0v) is 10.3. The molecule has 0 spiro atoms. The molecule has 0 radical (unpaired) electrons. The van der Waals surface area contributed by atoms with Crippen LogP contribution < -0.4 is 11.1 Å². The van der Waals surface area contributed by atoms with Gasteiger partial charge in [-0.1, -0.05) is 12.1 Å². The van der Waals surface area contributed by atoms with Crippen LogP contribution in [0.3, 0.4) is 0 Å². The second-order valence-corrected chi connectivity index (χ2v) is 5.00. The molecule has 0 saturated heterocycles. The van der Waals surface area contributed by atoms with Crippen LogP contribution >= 0.6 is 0 Å². The zero-order chi connectivity index (χ0) is 12.2. The summed E-state index contributed by atoms with van der Waals surface area (Å²) in [7, 11) is 0. The summed E-state index contributed by atoms with van der Waals surface area (Å²) < 4.78 is 13.0. The van der Waals surface area contributed by atoms with Crippen LogP contribution in [0.25, 0.3) is 0 Å². The van der Waals surface area contributed by atoms with Crippen molar-refractivity contribution in [1.29, 1.82) is 0 Å². The predicted octanol–water partition coefficient (Wildman–Crippen LogP) is 2.00. The minimum Gasteiger partial charge on any atom is -0.324 e. The lowest BCUT2D eigenvalue weighted by Crippen LogP contribution is -2.43. The molecule has 0 unspecified atom stereocenters. The third-order valence-electron chi connectivity index (χ3n) is 2.39. The fourth-order valence-corrected chi connectivity index (χ4v) is 1.51. The molecule has 0 saturated carbocycles. The largest absolute Gasteiger partial charge is 0.324 e. The number of benzene rings is 1. The molecule has 0 fully saturated rings. The number of rotatable bonds is 5. The van der Waals surface area contributed by atoms with E-state index in [0.717, 1.165) is 25.1 Å². The summed E-state index contributed by atoms with van der Waals surface area (Å²) in [4.78, 5) is 0. The smallest absolute Gasteiger partial charge is 0.126 e. The number of nitrogens with one attached hydrogen (secondary N) is 1. The van der Waals surface area contributed by atoms with Crippen molar-refractivity contribution in [2.75, 3.05) is 13.1 Å². The van der Waals surface area contributed by atoms with Crippen LogP contribution in [0.5, 0.6) is 0 Å². The van der Waals surface area contributed by atoms with Gasteiger partial charge in [-0.05, 0) is 50.9 Å². The molecular weight excluding hydrogens is 203 g/mol. The first-order valence-electron chi connectivity index (χ1n) is 5.63. The maximum Gasteiger partial charge on any atom is 0.126 e. The van der Waals surface area contributed by atoms with E-state index in [1.807, 2.05) is 26.0 Å². The summed E-state index contributed by atoms with van der Waals surface area (Å²) in [6, 6.07) is 5.25. The van der Waals surface area contributed by atoms with Crippen LogP contribution in [0, 0.1) is 12.7 Å². The standard InChI is InChI=1S/C13H21FN2/c1-10-8-11(4-5-12(10)14)6-7-16-9-13(2,3)15/h4-5,8,16H,6-7,9,15H2,1-3H3. The highest BCUT2D eigenvalue weighted by molar-refractivity contribution is 5.24. The minimum atomic E-state index is -0.182. The van der Waals surface area contributed by atoms with Crippen LogP contribution in [-0.2, 0) is 6.42 Å². The molecule has 0 aliphatic heterocycles. The highest BCUT2D eigenvalue weighted by Crippen LogP contribution is 2.09. The maximum atomic E-state index is 13.0. The summed E-state index contributed by atoms with van der Waals surface area (Å²) >= 11 is 0. The molecular formula is C13H21FN2. The fraction of sp³-hybridized carbons (Fsp3) is 0.538. The quantitative estimate of drug-likeness (QED) is 0.751. The van der Waals surface area contributed by atoms with Crippen LogP contribution in [0.15, 0.2) is 18.2 Å². The number of aryl methyl sites for hydroxylation is 1. The van der Waals surface area contributed by atoms with Crippen molar-refractivity contribution in [1.82, 2.24) is 5.32 Å². The predicted molar refractivity (Wildman–Crippen MR) is 66.0 cm³/mol. The van der Waals surface area contributed by atoms with Gasteiger partial charge in [0.25, 0.3) is 0 Å². The van der Waals surface area contributed by atoms with Crippen molar-refractivity contribution in [3.63, 3.8) is 0 Å². The Labute approximate surface area is 97.0 Å². The zero-order valence-electron chi connectivity index (χ0n) is 10.3. The average Bonchev–Trinajstić information content (AvgIpc) is 2.17. The van der Waals surface area contributed by atoms with Gasteiger partial charge in [0.05, 0.1) is 0 Å². The van der Waals surface area contributed by atoms with Crippen molar-refractivity contribution in [2.45, 2.75) is 32.7 Å². The molecule has 1 aromatic carbocycles. The molecule has 0 atom stereocenters. The van der Waals surface area contributed by atoms with Crippen molar-refractivity contribution in [3.05, 3.63) is 35.1 Å². The molecule has 0 heterocycles. The van der Waals surface area contributed by atoms with Crippen molar-refractivity contribution in [3.8, 4) is 0 Å². The molecule has 0 aliphatic rings. The first-order valence-corrected chi connectivity index (χ1v) is 5.63. The Hall–Kier alpha value is -0.930. The van der Waals surface area contributed by atoms with Crippen LogP contribution in [0.4, 0.5) is 4.39 Å². The number of nitrogens with two attached hydrogens (primary N) is 1. The van der Waals surface area contributed by atoms with Gasteiger partial charge in [0.2, 0.25) is 0 Å². The molecule has 2 nitrogen and oxygen atoms in total. The Kier molecular flexibility index (Phi) is 4.44. The summed E-state index contributed by atoms with van der Waals surface area (Å²) in [5.41, 5.74) is 7.52. The molecule has 0 aromatic heterocycles. The molecule has 0 bridgehead atoms. The van der Waals surface area contributed by atoms with Crippen molar-refractivity contribution >= 4 is 0 Å². The second-order valence-electron chi connectivity index (χ2n) is 5.00. The highest BCUT2D eigenvalue weighted by Gasteiger charge is 2.08. The topological polar surface area (TPSA) is 38.0 Å². The number of hydrogen-bond acceptors (Lipinski definition) is 2. The first-order chi connectivity index (χ1) is 7.38. The highest BCUT2D eigenvalue weighted by atomic mass is 19.1. The minimum absolute atomic E-state index is 0.139. The van der Waals surface area contributed by atoms with Gasteiger partial charge in [-0.3, -0.25) is 0 Å². The lowest BCUT2D eigenvalue weighted by Gasteiger charge is -2.18. The van der Waals surface area contributed by atoms with Crippen molar-refractivity contribution < 1.29 is 4.39 Å². The van der Waals surface area contributed by atoms with Crippen LogP contribution in [-0.4, -0.2) is 18.6 Å². The van der Waals surface area contributed by atoms with Gasteiger partial charge < -0.3 is 11.1 Å². The van der Waals surface area contributed by atoms with Gasteiger partial charge >= 0.3 is 0 Å². The van der Waals surface area contributed by atoms with E-state index in [9.17, 15) is 4.39 Å². The Morgan fingerprint density at radius 1 is 1.38 bits per heavy atom. The fourth-order valence-electron chi connectivity index (χ4n) is 1.51. The van der Waals surface area contributed by atoms with E-state index < -0.39 is 0 Å². The van der Waals surface area contributed by atoms with Gasteiger partial charge in [0.1, 0.15) is 5.82 Å². The molecule has 0 amide bonds. The normalized spacial score (nSPS) is 11.8. The summed E-state index contributed by atoms with van der Waals surface area (Å²) in [5, 5.41) is 3.29. The summed E-state index contributed by atoms with van der Waals surface area (Å²) in [5.74, 6) is -0.139. The van der Waals surface area contributed by atoms with Crippen molar-refractivity contribution in [2.24, 2.45) is 5.73 Å². The number of halogens is 1. The Bertz CT molecular complexity index is 342. The van der Waals surface area contributed by atoms with E-state index >= 15 is 0 Å². The molecule has 3 heteroatoms. The van der Waals surface area contributed by atoms with Gasteiger partial charge in [-0.2, -0.15) is 0 Å². The first kappa shape index (κ1) is 13.1. The lowest BCUT2D eigenvalue weighted by atomic mass is 10.1. The average molecular weight is 224 g/mol. The third kappa shape index (κ3) is 4.73. The van der Waals surface area contributed by atoms with E-state index in [1.54, 1.807) is 6.92 Å². The van der Waals surface area contributed by atoms with Crippen LogP contribution in [0.2, 0.25) is 0 Å². The third-order valence-corrected chi connectivity index (χ3v) is 2.39. The Morgan fingerprint density at radius 2 is 2.06 bits per heavy atom. The molecule has 3 N–H and O–H groups in total. The van der Waals surface area contributed by atoms with Gasteiger partial charge in [0, 0.05) is 12.1 Å². The maximum absolute atomic E-state index is 13.0. The molecule has 16 heavy (non-hydrogen) atoms. The molecule has 90 valence electrons. The molecule has 1 aromatic rings. The molecule has 0 aliphatic carbocycles. The molecule has 1 rings (SSSR count). The Balaban J connectivity index is 2.35. The lowest BCUT2D eigenvalue weighted by molar-refractivity contribution is 0.469. The summed E-state index contributed by atoms with van der Waals surface area (Å²) in [6.45, 7) is 7.41. The van der Waals surface area contributed by atoms with E-state index in [0.29, 0.717) is 5.56 Å². The Morgan fingerprint density at radius 3 is 2.62 bits per heavy atom. The SMILES string of the molecule is Cc1cc(CCNCC(C)(C)N)ccc1F. The monoisotopic (exact) mass is 224 g/mol.